The van der Waals surface area contributed by atoms with Gasteiger partial charge in [0.1, 0.15) is 18.3 Å². The highest BCUT2D eigenvalue weighted by molar-refractivity contribution is 5.73. The van der Waals surface area contributed by atoms with Gasteiger partial charge in [-0.15, -0.1) is 6.58 Å². The van der Waals surface area contributed by atoms with Crippen molar-refractivity contribution in [1.29, 1.82) is 0 Å². The second kappa shape index (κ2) is 11.8. The molecule has 0 aromatic heterocycles. The lowest BCUT2D eigenvalue weighted by atomic mass is 9.90. The Balaban J connectivity index is 1.85. The molecule has 31 heavy (non-hydrogen) atoms. The summed E-state index contributed by atoms with van der Waals surface area (Å²) in [4.78, 5) is 12.0. The number of rotatable bonds is 10. The Labute approximate surface area is 183 Å². The summed E-state index contributed by atoms with van der Waals surface area (Å²) in [5.41, 5.74) is 2.02. The van der Waals surface area contributed by atoms with Crippen LogP contribution < -0.4 is 5.32 Å². The first-order valence-corrected chi connectivity index (χ1v) is 10.6. The lowest BCUT2D eigenvalue weighted by Crippen LogP contribution is -2.65. The number of amides is 1. The van der Waals surface area contributed by atoms with Gasteiger partial charge in [-0.1, -0.05) is 66.7 Å². The zero-order valence-corrected chi connectivity index (χ0v) is 17.9. The van der Waals surface area contributed by atoms with E-state index in [4.69, 9.17) is 14.2 Å². The van der Waals surface area contributed by atoms with Crippen molar-refractivity contribution in [2.45, 2.75) is 57.0 Å². The number of aliphatic hydroxyl groups is 1. The van der Waals surface area contributed by atoms with Gasteiger partial charge in [-0.3, -0.25) is 4.79 Å². The zero-order chi connectivity index (χ0) is 22.1. The molecule has 1 amide bonds. The summed E-state index contributed by atoms with van der Waals surface area (Å²) in [7, 11) is 0. The first kappa shape index (κ1) is 23.2. The minimum Gasteiger partial charge on any atom is -0.394 e. The molecule has 5 atom stereocenters. The van der Waals surface area contributed by atoms with Gasteiger partial charge in [0, 0.05) is 6.92 Å². The normalized spacial score (nSPS) is 25.7. The SMILES string of the molecule is C=CC[C@@H]1O[C@H](CO)[C@@H](OCc2ccccc2)[C@H](OCc2ccccc2)[C@H]1NC(C)=O. The van der Waals surface area contributed by atoms with Crippen LogP contribution in [-0.2, 0) is 32.2 Å². The van der Waals surface area contributed by atoms with Gasteiger partial charge in [0.15, 0.2) is 0 Å². The van der Waals surface area contributed by atoms with Crippen LogP contribution in [0.2, 0.25) is 0 Å². The first-order chi connectivity index (χ1) is 15.1. The van der Waals surface area contributed by atoms with Crippen LogP contribution in [0, 0.1) is 0 Å². The smallest absolute Gasteiger partial charge is 0.217 e. The molecule has 166 valence electrons. The van der Waals surface area contributed by atoms with Gasteiger partial charge >= 0.3 is 0 Å². The maximum atomic E-state index is 12.0. The molecule has 2 aromatic rings. The third kappa shape index (κ3) is 6.48. The molecule has 1 aliphatic rings. The van der Waals surface area contributed by atoms with E-state index < -0.39 is 24.4 Å². The van der Waals surface area contributed by atoms with E-state index in [0.29, 0.717) is 19.6 Å². The summed E-state index contributed by atoms with van der Waals surface area (Å²) in [6, 6.07) is 19.2. The van der Waals surface area contributed by atoms with Gasteiger partial charge in [-0.2, -0.15) is 0 Å². The number of hydrogen-bond donors (Lipinski definition) is 2. The highest BCUT2D eigenvalue weighted by Crippen LogP contribution is 2.29. The summed E-state index contributed by atoms with van der Waals surface area (Å²) in [6.07, 6.45) is 0.219. The Kier molecular flexibility index (Phi) is 8.79. The minimum atomic E-state index is -0.584. The van der Waals surface area contributed by atoms with Crippen molar-refractivity contribution < 1.29 is 24.1 Å². The predicted molar refractivity (Wildman–Crippen MR) is 118 cm³/mol. The topological polar surface area (TPSA) is 77.0 Å². The maximum Gasteiger partial charge on any atom is 0.217 e. The lowest BCUT2D eigenvalue weighted by Gasteiger charge is -2.46. The standard InChI is InChI=1S/C25H31NO5/c1-3-10-21-23(26-18(2)28)25(30-17-20-13-8-5-9-14-20)24(22(15-27)31-21)29-16-19-11-6-4-7-12-19/h3-9,11-14,21-25,27H,1,10,15-17H2,2H3,(H,26,28)/t21-,22+,23-,24+,25+/m0/s1. The average Bonchev–Trinajstić information content (AvgIpc) is 2.79. The second-order valence-electron chi connectivity index (χ2n) is 7.67. The van der Waals surface area contributed by atoms with Crippen LogP contribution in [-0.4, -0.2) is 48.1 Å². The Bertz CT molecular complexity index is 813. The molecular weight excluding hydrogens is 394 g/mol. The third-order valence-corrected chi connectivity index (χ3v) is 5.31. The van der Waals surface area contributed by atoms with Crippen LogP contribution in [0.4, 0.5) is 0 Å². The number of nitrogens with one attached hydrogen (secondary N) is 1. The van der Waals surface area contributed by atoms with E-state index in [0.717, 1.165) is 11.1 Å². The molecule has 0 radical (unpaired) electrons. The monoisotopic (exact) mass is 425 g/mol. The van der Waals surface area contributed by atoms with Gasteiger partial charge in [-0.05, 0) is 17.5 Å². The molecule has 3 rings (SSSR count). The molecule has 1 fully saturated rings. The Hall–Kier alpha value is -2.51. The number of hydrogen-bond acceptors (Lipinski definition) is 5. The molecule has 2 aromatic carbocycles. The molecule has 1 heterocycles. The fraction of sp³-hybridized carbons (Fsp3) is 0.400. The minimum absolute atomic E-state index is 0.180. The summed E-state index contributed by atoms with van der Waals surface area (Å²) in [6.45, 7) is 5.75. The van der Waals surface area contributed by atoms with E-state index in [1.165, 1.54) is 6.92 Å². The highest BCUT2D eigenvalue weighted by atomic mass is 16.6. The summed E-state index contributed by atoms with van der Waals surface area (Å²) in [5, 5.41) is 13.0. The molecule has 1 saturated heterocycles. The van der Waals surface area contributed by atoms with Crippen LogP contribution in [0.5, 0.6) is 0 Å². The Morgan fingerprint density at radius 2 is 1.55 bits per heavy atom. The van der Waals surface area contributed by atoms with Crippen molar-refractivity contribution in [3.63, 3.8) is 0 Å². The molecule has 0 spiro atoms. The van der Waals surface area contributed by atoms with Crippen LogP contribution in [0.3, 0.4) is 0 Å². The number of carbonyl (C=O) groups excluding carboxylic acids is 1. The fourth-order valence-electron chi connectivity index (χ4n) is 3.87. The van der Waals surface area contributed by atoms with Crippen molar-refractivity contribution >= 4 is 5.91 Å². The van der Waals surface area contributed by atoms with Gasteiger partial charge in [0.05, 0.1) is 32.0 Å². The van der Waals surface area contributed by atoms with E-state index >= 15 is 0 Å². The van der Waals surface area contributed by atoms with E-state index in [2.05, 4.69) is 11.9 Å². The Morgan fingerprint density at radius 1 is 1.00 bits per heavy atom. The molecule has 0 bridgehead atoms. The number of ether oxygens (including phenoxy) is 3. The highest BCUT2D eigenvalue weighted by Gasteiger charge is 2.47. The van der Waals surface area contributed by atoms with Crippen molar-refractivity contribution in [3.8, 4) is 0 Å². The maximum absolute atomic E-state index is 12.0. The predicted octanol–water partition coefficient (Wildman–Crippen LogP) is 3.00. The number of aliphatic hydroxyl groups excluding tert-OH is 1. The largest absolute Gasteiger partial charge is 0.394 e. The van der Waals surface area contributed by atoms with Crippen LogP contribution in [0.15, 0.2) is 73.3 Å². The van der Waals surface area contributed by atoms with E-state index in [-0.39, 0.29) is 18.6 Å². The molecule has 0 unspecified atom stereocenters. The van der Waals surface area contributed by atoms with Gasteiger partial charge in [-0.25, -0.2) is 0 Å². The average molecular weight is 426 g/mol. The van der Waals surface area contributed by atoms with E-state index in [1.807, 2.05) is 60.7 Å². The van der Waals surface area contributed by atoms with Crippen LogP contribution in [0.25, 0.3) is 0 Å². The molecule has 6 heteroatoms. The first-order valence-electron chi connectivity index (χ1n) is 10.6. The molecule has 2 N–H and O–H groups in total. The zero-order valence-electron chi connectivity index (χ0n) is 17.9. The number of benzene rings is 2. The summed E-state index contributed by atoms with van der Waals surface area (Å²) >= 11 is 0. The summed E-state index contributed by atoms with van der Waals surface area (Å²) < 4.78 is 18.7. The second-order valence-corrected chi connectivity index (χ2v) is 7.67. The molecule has 0 aliphatic carbocycles. The molecular formula is C25H31NO5. The number of carbonyl (C=O) groups is 1. The van der Waals surface area contributed by atoms with Crippen LogP contribution in [0.1, 0.15) is 24.5 Å². The van der Waals surface area contributed by atoms with Crippen molar-refractivity contribution in [2.75, 3.05) is 6.61 Å². The van der Waals surface area contributed by atoms with Crippen LogP contribution >= 0.6 is 0 Å². The van der Waals surface area contributed by atoms with Gasteiger partial charge < -0.3 is 24.6 Å². The van der Waals surface area contributed by atoms with E-state index in [9.17, 15) is 9.90 Å². The quantitative estimate of drug-likeness (QED) is 0.573. The summed E-state index contributed by atoms with van der Waals surface area (Å²) in [5.74, 6) is -0.180. The van der Waals surface area contributed by atoms with E-state index in [1.54, 1.807) is 6.08 Å². The van der Waals surface area contributed by atoms with Crippen molar-refractivity contribution in [2.24, 2.45) is 0 Å². The lowest BCUT2D eigenvalue weighted by molar-refractivity contribution is -0.227. The fourth-order valence-corrected chi connectivity index (χ4v) is 3.87. The van der Waals surface area contributed by atoms with Gasteiger partial charge in [0.25, 0.3) is 0 Å². The third-order valence-electron chi connectivity index (χ3n) is 5.31. The van der Waals surface area contributed by atoms with Crippen molar-refractivity contribution in [1.82, 2.24) is 5.32 Å². The molecule has 0 saturated carbocycles. The van der Waals surface area contributed by atoms with Gasteiger partial charge in [0.2, 0.25) is 5.91 Å². The molecule has 6 nitrogen and oxygen atoms in total. The van der Waals surface area contributed by atoms with Crippen molar-refractivity contribution in [3.05, 3.63) is 84.4 Å². The Morgan fingerprint density at radius 3 is 2.03 bits per heavy atom. The molecule has 1 aliphatic heterocycles.